The van der Waals surface area contributed by atoms with Crippen molar-refractivity contribution in [3.63, 3.8) is 0 Å². The molecule has 2 aromatic carbocycles. The number of carbonyl (C=O) groups is 2. The van der Waals surface area contributed by atoms with E-state index in [1.807, 2.05) is 31.2 Å². The molecular formula is C18H15NO3. The number of anilines is 1. The van der Waals surface area contributed by atoms with Crippen molar-refractivity contribution in [2.24, 2.45) is 0 Å². The fourth-order valence-electron chi connectivity index (χ4n) is 2.28. The summed E-state index contributed by atoms with van der Waals surface area (Å²) in [4.78, 5) is 23.5. The quantitative estimate of drug-likeness (QED) is 0.698. The van der Waals surface area contributed by atoms with E-state index >= 15 is 0 Å². The van der Waals surface area contributed by atoms with Gasteiger partial charge in [-0.15, -0.1) is 0 Å². The minimum atomic E-state index is -0.215. The molecular weight excluding hydrogens is 278 g/mol. The van der Waals surface area contributed by atoms with E-state index in [9.17, 15) is 9.59 Å². The third-order valence-electron chi connectivity index (χ3n) is 3.37. The van der Waals surface area contributed by atoms with E-state index in [-0.39, 0.29) is 18.3 Å². The largest absolute Gasteiger partial charge is 0.482 e. The summed E-state index contributed by atoms with van der Waals surface area (Å²) in [5, 5.41) is 2.70. The minimum Gasteiger partial charge on any atom is -0.482 e. The molecule has 1 N–H and O–H groups in total. The van der Waals surface area contributed by atoms with Gasteiger partial charge in [0.05, 0.1) is 5.69 Å². The van der Waals surface area contributed by atoms with E-state index in [1.54, 1.807) is 24.3 Å². The Balaban J connectivity index is 1.80. The van der Waals surface area contributed by atoms with Crippen molar-refractivity contribution in [2.75, 3.05) is 11.9 Å². The maximum atomic E-state index is 12.2. The van der Waals surface area contributed by atoms with Gasteiger partial charge in [0.2, 0.25) is 0 Å². The number of hydrogen-bond acceptors (Lipinski definition) is 3. The molecule has 0 radical (unpaired) electrons. The molecule has 2 aromatic rings. The highest BCUT2D eigenvalue weighted by atomic mass is 16.5. The molecule has 3 rings (SSSR count). The molecule has 0 aliphatic carbocycles. The van der Waals surface area contributed by atoms with Crippen LogP contribution in [0.2, 0.25) is 0 Å². The van der Waals surface area contributed by atoms with Crippen molar-refractivity contribution < 1.29 is 14.3 Å². The summed E-state index contributed by atoms with van der Waals surface area (Å²) < 4.78 is 5.27. The van der Waals surface area contributed by atoms with Crippen molar-refractivity contribution >= 4 is 23.5 Å². The Morgan fingerprint density at radius 2 is 2.09 bits per heavy atom. The highest BCUT2D eigenvalue weighted by Crippen LogP contribution is 2.28. The van der Waals surface area contributed by atoms with Gasteiger partial charge in [0.15, 0.2) is 12.4 Å². The van der Waals surface area contributed by atoms with Crippen molar-refractivity contribution in [3.8, 4) is 5.75 Å². The second-order valence-corrected chi connectivity index (χ2v) is 5.16. The predicted molar refractivity (Wildman–Crippen MR) is 85.1 cm³/mol. The van der Waals surface area contributed by atoms with Crippen molar-refractivity contribution in [1.29, 1.82) is 0 Å². The summed E-state index contributed by atoms with van der Waals surface area (Å²) in [5.74, 6) is 0.246. The van der Waals surface area contributed by atoms with Gasteiger partial charge < -0.3 is 10.1 Å². The van der Waals surface area contributed by atoms with E-state index in [0.29, 0.717) is 17.0 Å². The molecule has 1 aliphatic rings. The zero-order valence-electron chi connectivity index (χ0n) is 12.1. The molecule has 0 fully saturated rings. The Kier molecular flexibility index (Phi) is 3.74. The number of allylic oxidation sites excluding steroid dienone is 1. The summed E-state index contributed by atoms with van der Waals surface area (Å²) in [5.41, 5.74) is 3.16. The molecule has 1 heterocycles. The lowest BCUT2D eigenvalue weighted by Gasteiger charge is -2.17. The number of carbonyl (C=O) groups excluding carboxylic acids is 2. The maximum Gasteiger partial charge on any atom is 0.262 e. The molecule has 0 atom stereocenters. The van der Waals surface area contributed by atoms with Gasteiger partial charge in [0.25, 0.3) is 5.91 Å². The number of ketones is 1. The highest BCUT2D eigenvalue weighted by Gasteiger charge is 2.17. The Morgan fingerprint density at radius 1 is 1.23 bits per heavy atom. The first-order chi connectivity index (χ1) is 10.6. The number of benzene rings is 2. The lowest BCUT2D eigenvalue weighted by molar-refractivity contribution is -0.118. The molecule has 1 aliphatic heterocycles. The first-order valence-corrected chi connectivity index (χ1v) is 6.97. The van der Waals surface area contributed by atoms with Crippen molar-refractivity contribution in [3.05, 3.63) is 65.2 Å². The summed E-state index contributed by atoms with van der Waals surface area (Å²) >= 11 is 0. The van der Waals surface area contributed by atoms with Crippen LogP contribution in [0.25, 0.3) is 6.08 Å². The van der Waals surface area contributed by atoms with Gasteiger partial charge in [-0.25, -0.2) is 0 Å². The van der Waals surface area contributed by atoms with Crippen LogP contribution in [-0.4, -0.2) is 18.3 Å². The number of fused-ring (bicyclic) bond motifs is 1. The third-order valence-corrected chi connectivity index (χ3v) is 3.37. The van der Waals surface area contributed by atoms with Crippen LogP contribution in [0.5, 0.6) is 5.75 Å². The van der Waals surface area contributed by atoms with Gasteiger partial charge in [-0.05, 0) is 36.8 Å². The number of amides is 1. The number of rotatable bonds is 3. The zero-order valence-corrected chi connectivity index (χ0v) is 12.1. The van der Waals surface area contributed by atoms with Crippen molar-refractivity contribution in [2.45, 2.75) is 6.92 Å². The molecule has 0 saturated carbocycles. The maximum absolute atomic E-state index is 12.2. The zero-order chi connectivity index (χ0) is 15.5. The molecule has 0 saturated heterocycles. The van der Waals surface area contributed by atoms with Crippen LogP contribution in [0.4, 0.5) is 5.69 Å². The first-order valence-electron chi connectivity index (χ1n) is 6.97. The molecule has 4 nitrogen and oxygen atoms in total. The topological polar surface area (TPSA) is 55.4 Å². The van der Waals surface area contributed by atoms with E-state index < -0.39 is 0 Å². The SMILES string of the molecule is Cc1cccc(C=CC(=O)c2ccc3c(c2)NC(=O)CO3)c1. The highest BCUT2D eigenvalue weighted by molar-refractivity contribution is 6.08. The number of aryl methyl sites for hydroxylation is 1. The number of nitrogens with one attached hydrogen (secondary N) is 1. The van der Waals surface area contributed by atoms with E-state index in [4.69, 9.17) is 4.74 Å². The summed E-state index contributed by atoms with van der Waals surface area (Å²) in [6.07, 6.45) is 3.31. The lowest BCUT2D eigenvalue weighted by Crippen LogP contribution is -2.25. The summed E-state index contributed by atoms with van der Waals surface area (Å²) in [6.45, 7) is 2.01. The molecule has 110 valence electrons. The van der Waals surface area contributed by atoms with Crippen LogP contribution >= 0.6 is 0 Å². The average Bonchev–Trinajstić information content (AvgIpc) is 2.52. The minimum absolute atomic E-state index is 0.00749. The normalized spacial score (nSPS) is 13.4. The standard InChI is InChI=1S/C18H15NO3/c1-12-3-2-4-13(9-12)5-7-16(20)14-6-8-17-15(10-14)19-18(21)11-22-17/h2-10H,11H2,1H3,(H,19,21). The lowest BCUT2D eigenvalue weighted by atomic mass is 10.1. The van der Waals surface area contributed by atoms with Crippen LogP contribution in [0.3, 0.4) is 0 Å². The van der Waals surface area contributed by atoms with Gasteiger partial charge in [-0.1, -0.05) is 35.9 Å². The average molecular weight is 293 g/mol. The van der Waals surface area contributed by atoms with Gasteiger partial charge in [0, 0.05) is 5.56 Å². The van der Waals surface area contributed by atoms with Gasteiger partial charge in [0.1, 0.15) is 5.75 Å². The smallest absolute Gasteiger partial charge is 0.262 e. The summed E-state index contributed by atoms with van der Waals surface area (Å²) in [7, 11) is 0. The molecule has 0 spiro atoms. The Labute approximate surface area is 128 Å². The van der Waals surface area contributed by atoms with Crippen LogP contribution in [0.1, 0.15) is 21.5 Å². The van der Waals surface area contributed by atoms with E-state index in [1.165, 1.54) is 6.08 Å². The summed E-state index contributed by atoms with van der Waals surface area (Å²) in [6, 6.07) is 12.9. The molecule has 0 unspecified atom stereocenters. The van der Waals surface area contributed by atoms with Crippen LogP contribution in [0.15, 0.2) is 48.5 Å². The van der Waals surface area contributed by atoms with Gasteiger partial charge in [-0.3, -0.25) is 9.59 Å². The third kappa shape index (κ3) is 3.06. The van der Waals surface area contributed by atoms with E-state index in [2.05, 4.69) is 5.32 Å². The Morgan fingerprint density at radius 3 is 2.91 bits per heavy atom. The van der Waals surface area contributed by atoms with Crippen LogP contribution in [0, 0.1) is 6.92 Å². The molecule has 4 heteroatoms. The van der Waals surface area contributed by atoms with Crippen LogP contribution < -0.4 is 10.1 Å². The predicted octanol–water partition coefficient (Wildman–Crippen LogP) is 3.22. The number of hydrogen-bond donors (Lipinski definition) is 1. The first kappa shape index (κ1) is 14.1. The number of ether oxygens (including phenoxy) is 1. The molecule has 1 amide bonds. The monoisotopic (exact) mass is 293 g/mol. The van der Waals surface area contributed by atoms with Gasteiger partial charge in [-0.2, -0.15) is 0 Å². The second-order valence-electron chi connectivity index (χ2n) is 5.16. The Hall–Kier alpha value is -2.88. The Bertz CT molecular complexity index is 778. The fraction of sp³-hybridized carbons (Fsp3) is 0.111. The van der Waals surface area contributed by atoms with Gasteiger partial charge >= 0.3 is 0 Å². The van der Waals surface area contributed by atoms with Crippen LogP contribution in [-0.2, 0) is 4.79 Å². The molecule has 22 heavy (non-hydrogen) atoms. The second kappa shape index (κ2) is 5.85. The molecule has 0 bridgehead atoms. The van der Waals surface area contributed by atoms with Crippen molar-refractivity contribution in [1.82, 2.24) is 0 Å². The van der Waals surface area contributed by atoms with E-state index in [0.717, 1.165) is 11.1 Å². The fourth-order valence-corrected chi connectivity index (χ4v) is 2.28. The molecule has 0 aromatic heterocycles.